The van der Waals surface area contributed by atoms with Gasteiger partial charge in [0.2, 0.25) is 0 Å². The van der Waals surface area contributed by atoms with Gasteiger partial charge in [-0.2, -0.15) is 0 Å². The molecule has 7 heteroatoms. The van der Waals surface area contributed by atoms with Crippen LogP contribution in [0.4, 0.5) is 0 Å². The quantitative estimate of drug-likeness (QED) is 0.477. The van der Waals surface area contributed by atoms with Crippen LogP contribution in [-0.2, 0) is 19.1 Å². The maximum absolute atomic E-state index is 11.9. The lowest BCUT2D eigenvalue weighted by atomic mass is 9.48. The average molecular weight is 312 g/mol. The van der Waals surface area contributed by atoms with Crippen LogP contribution < -0.4 is 0 Å². The molecule has 0 radical (unpaired) electrons. The highest BCUT2D eigenvalue weighted by Gasteiger charge is 2.69. The highest BCUT2D eigenvalue weighted by atomic mass is 16.6. The van der Waals surface area contributed by atoms with E-state index in [1.807, 2.05) is 0 Å². The van der Waals surface area contributed by atoms with Gasteiger partial charge in [0.15, 0.2) is 6.61 Å². The van der Waals surface area contributed by atoms with E-state index in [-0.39, 0.29) is 38.5 Å². The Balaban J connectivity index is 1.74. The first-order chi connectivity index (χ1) is 10.1. The normalized spacial score (nSPS) is 45.4. The number of carbonyl (C=O) groups is 2. The van der Waals surface area contributed by atoms with E-state index in [1.54, 1.807) is 0 Å². The van der Waals surface area contributed by atoms with Gasteiger partial charge in [-0.1, -0.05) is 6.58 Å². The molecule has 4 aliphatic carbocycles. The lowest BCUT2D eigenvalue weighted by molar-refractivity contribution is -0.301. The van der Waals surface area contributed by atoms with Gasteiger partial charge in [0, 0.05) is 44.6 Å². The second-order valence-electron chi connectivity index (χ2n) is 7.20. The zero-order chi connectivity index (χ0) is 16.2. The molecule has 4 bridgehead atoms. The maximum atomic E-state index is 11.9. The molecule has 122 valence electrons. The summed E-state index contributed by atoms with van der Waals surface area (Å²) < 4.78 is 10.0. The molecule has 22 heavy (non-hydrogen) atoms. The topological polar surface area (TPSA) is 113 Å². The van der Waals surface area contributed by atoms with Crippen LogP contribution in [0.3, 0.4) is 0 Å². The van der Waals surface area contributed by atoms with Crippen molar-refractivity contribution in [1.82, 2.24) is 0 Å². The Labute approximate surface area is 127 Å². The maximum Gasteiger partial charge on any atom is 0.344 e. The first-order valence-electron chi connectivity index (χ1n) is 7.27. The monoisotopic (exact) mass is 312 g/mol. The molecule has 0 aliphatic heterocycles. The number of hydrogen-bond acceptors (Lipinski definition) is 7. The van der Waals surface area contributed by atoms with Gasteiger partial charge in [0.05, 0.1) is 16.8 Å². The molecule has 4 rings (SSSR count). The summed E-state index contributed by atoms with van der Waals surface area (Å²) in [4.78, 5) is 22.8. The molecule has 0 atom stereocenters. The summed E-state index contributed by atoms with van der Waals surface area (Å²) in [5.41, 5.74) is -4.84. The van der Waals surface area contributed by atoms with Gasteiger partial charge in [0.1, 0.15) is 5.60 Å². The SMILES string of the molecule is C=CC(=O)OCC(=O)OC12CC3(O)CC(O)(CC(O)(C3)C1)C2. The van der Waals surface area contributed by atoms with Crippen molar-refractivity contribution in [1.29, 1.82) is 0 Å². The summed E-state index contributed by atoms with van der Waals surface area (Å²) in [6.07, 6.45) is 1.97. The molecular formula is C15H20O7. The van der Waals surface area contributed by atoms with Crippen LogP contribution in [0.15, 0.2) is 12.7 Å². The summed E-state index contributed by atoms with van der Waals surface area (Å²) in [5, 5.41) is 31.7. The minimum absolute atomic E-state index is 0.172. The Hall–Kier alpha value is -1.44. The van der Waals surface area contributed by atoms with Gasteiger partial charge < -0.3 is 24.8 Å². The molecule has 4 fully saturated rings. The minimum Gasteiger partial charge on any atom is -0.456 e. The number of esters is 2. The number of carbonyl (C=O) groups excluding carboxylic acids is 2. The van der Waals surface area contributed by atoms with E-state index >= 15 is 0 Å². The van der Waals surface area contributed by atoms with Gasteiger partial charge in [-0.05, 0) is 0 Å². The van der Waals surface area contributed by atoms with Crippen molar-refractivity contribution >= 4 is 11.9 Å². The van der Waals surface area contributed by atoms with Gasteiger partial charge in [-0.25, -0.2) is 9.59 Å². The van der Waals surface area contributed by atoms with Crippen LogP contribution in [0.25, 0.3) is 0 Å². The number of aliphatic hydroxyl groups is 3. The fraction of sp³-hybridized carbons (Fsp3) is 0.733. The molecule has 7 nitrogen and oxygen atoms in total. The smallest absolute Gasteiger partial charge is 0.344 e. The Bertz CT molecular complexity index is 486. The van der Waals surface area contributed by atoms with Crippen molar-refractivity contribution in [2.45, 2.75) is 60.9 Å². The second kappa shape index (κ2) is 4.53. The van der Waals surface area contributed by atoms with Crippen molar-refractivity contribution in [2.75, 3.05) is 6.61 Å². The highest BCUT2D eigenvalue weighted by molar-refractivity contribution is 5.83. The Kier molecular flexibility index (Phi) is 3.18. The van der Waals surface area contributed by atoms with Gasteiger partial charge in [-0.15, -0.1) is 0 Å². The zero-order valence-electron chi connectivity index (χ0n) is 12.2. The second-order valence-corrected chi connectivity index (χ2v) is 7.20. The predicted molar refractivity (Wildman–Crippen MR) is 72.5 cm³/mol. The molecule has 4 saturated carbocycles. The molecule has 0 unspecified atom stereocenters. The van der Waals surface area contributed by atoms with E-state index in [0.29, 0.717) is 0 Å². The van der Waals surface area contributed by atoms with Crippen molar-refractivity contribution in [3.63, 3.8) is 0 Å². The first kappa shape index (κ1) is 15.5. The molecule has 0 aromatic heterocycles. The summed E-state index contributed by atoms with van der Waals surface area (Å²) in [5.74, 6) is -1.51. The fourth-order valence-corrected chi connectivity index (χ4v) is 4.95. The molecule has 0 amide bonds. The van der Waals surface area contributed by atoms with Crippen molar-refractivity contribution in [3.8, 4) is 0 Å². The van der Waals surface area contributed by atoms with Crippen molar-refractivity contribution < 1.29 is 34.4 Å². The number of ether oxygens (including phenoxy) is 2. The zero-order valence-corrected chi connectivity index (χ0v) is 12.2. The van der Waals surface area contributed by atoms with E-state index in [1.165, 1.54) is 0 Å². The first-order valence-corrected chi connectivity index (χ1v) is 7.27. The summed E-state index contributed by atoms with van der Waals surface area (Å²) in [7, 11) is 0. The summed E-state index contributed by atoms with van der Waals surface area (Å²) in [6, 6.07) is 0. The molecule has 0 aromatic carbocycles. The largest absolute Gasteiger partial charge is 0.456 e. The van der Waals surface area contributed by atoms with E-state index in [9.17, 15) is 24.9 Å². The van der Waals surface area contributed by atoms with Gasteiger partial charge in [0.25, 0.3) is 0 Å². The third-order valence-corrected chi connectivity index (χ3v) is 4.76. The van der Waals surface area contributed by atoms with E-state index in [2.05, 4.69) is 11.3 Å². The van der Waals surface area contributed by atoms with Gasteiger partial charge in [-0.3, -0.25) is 0 Å². The summed E-state index contributed by atoms with van der Waals surface area (Å²) >= 11 is 0. The number of rotatable bonds is 4. The van der Waals surface area contributed by atoms with Crippen LogP contribution in [0.1, 0.15) is 38.5 Å². The van der Waals surface area contributed by atoms with Crippen LogP contribution in [-0.4, -0.2) is 56.3 Å². The fourth-order valence-electron chi connectivity index (χ4n) is 4.95. The molecule has 3 N–H and O–H groups in total. The van der Waals surface area contributed by atoms with Crippen LogP contribution >= 0.6 is 0 Å². The summed E-state index contributed by atoms with van der Waals surface area (Å²) in [6.45, 7) is 2.65. The van der Waals surface area contributed by atoms with Gasteiger partial charge >= 0.3 is 11.9 Å². The highest BCUT2D eigenvalue weighted by Crippen LogP contribution is 2.62. The third-order valence-electron chi connectivity index (χ3n) is 4.76. The van der Waals surface area contributed by atoms with Crippen LogP contribution in [0, 0.1) is 0 Å². The van der Waals surface area contributed by atoms with Crippen molar-refractivity contribution in [2.24, 2.45) is 0 Å². The predicted octanol–water partition coefficient (Wildman–Crippen LogP) is -0.428. The van der Waals surface area contributed by atoms with E-state index < -0.39 is 40.9 Å². The minimum atomic E-state index is -1.24. The van der Waals surface area contributed by atoms with E-state index in [0.717, 1.165) is 6.08 Å². The molecule has 0 heterocycles. The molecule has 0 saturated heterocycles. The standard InChI is InChI=1S/C15H20O7/c1-2-10(16)21-3-11(17)22-15-7-12(18)4-13(19,8-15)6-14(20,5-12)9-15/h2,18-20H,1,3-9H2. The molecule has 0 spiro atoms. The van der Waals surface area contributed by atoms with Crippen LogP contribution in [0.2, 0.25) is 0 Å². The molecule has 4 aliphatic rings. The Morgan fingerprint density at radius 3 is 1.82 bits per heavy atom. The van der Waals surface area contributed by atoms with Crippen LogP contribution in [0.5, 0.6) is 0 Å². The molecular weight excluding hydrogens is 292 g/mol. The van der Waals surface area contributed by atoms with E-state index in [4.69, 9.17) is 4.74 Å². The lowest BCUT2D eigenvalue weighted by Crippen LogP contribution is -2.72. The third kappa shape index (κ3) is 2.64. The van der Waals surface area contributed by atoms with Crippen molar-refractivity contribution in [3.05, 3.63) is 12.7 Å². The number of hydrogen-bond donors (Lipinski definition) is 3. The lowest BCUT2D eigenvalue weighted by Gasteiger charge is -2.64. The average Bonchev–Trinajstić information content (AvgIpc) is 2.29. The Morgan fingerprint density at radius 1 is 0.955 bits per heavy atom. The molecule has 0 aromatic rings. The Morgan fingerprint density at radius 2 is 1.41 bits per heavy atom.